The molecule has 12 atom stereocenters. The second-order valence-corrected chi connectivity index (χ2v) is 29.8. The average Bonchev–Trinajstić information content (AvgIpc) is 1.63. The van der Waals surface area contributed by atoms with Crippen molar-refractivity contribution < 1.29 is 109 Å². The molecule has 42 heteroatoms. The lowest BCUT2D eigenvalue weighted by molar-refractivity contribution is -0.192. The molecule has 6 saturated heterocycles. The van der Waals surface area contributed by atoms with E-state index in [0.29, 0.717) is 0 Å². The van der Waals surface area contributed by atoms with Gasteiger partial charge in [0, 0.05) is 77.0 Å². The van der Waals surface area contributed by atoms with Gasteiger partial charge in [-0.25, -0.2) is 4.79 Å². The van der Waals surface area contributed by atoms with E-state index in [-0.39, 0.29) is 51.4 Å². The molecular weight excluding hydrogens is 1390 g/mol. The molecule has 6 aliphatic rings. The third kappa shape index (κ3) is 24.2. The number of amides is 18. The number of rotatable bonds is 29. The molecule has 39 nitrogen and oxygen atoms in total. The lowest BCUT2D eigenvalue weighted by Crippen LogP contribution is -2.61. The number of nitrogens with one attached hydrogen (secondary N) is 17. The fourth-order valence-corrected chi connectivity index (χ4v) is 11.9. The summed E-state index contributed by atoms with van der Waals surface area (Å²) < 4.78 is 31.7. The van der Waals surface area contributed by atoms with Crippen LogP contribution in [-0.4, -0.2) is 229 Å². The molecule has 0 radical (unpaired) electrons. The van der Waals surface area contributed by atoms with Gasteiger partial charge in [-0.1, -0.05) is 0 Å². The highest BCUT2D eigenvalue weighted by Gasteiger charge is 2.47. The van der Waals surface area contributed by atoms with E-state index >= 15 is 0 Å². The Morgan fingerprint density at radius 3 is 0.635 bits per heavy atom. The quantitative estimate of drug-likeness (QED) is 0.0331. The standard InChI is InChI=1S/C60H93N19O18.C2HF3O2/c1-55(2,62)49(92)69-32-15-39(82)64-26(32)20-44(87)75-57(5,6)51(94)71-34-17-41(84)66-28(34)22-46(89)77-59(9,10)53(96)73-36-19-43(86)68-30(36)24-48(91)79-60(11,12)54(97)74-35-18-42(85)67-29(35)23-47(90)78-58(7,8)52(95)72-33-16-40(83)65-27(33)21-45(88)76-56(3,4)50(93)70-31-14-38(81)63-25(31)13-37(61)80;3-2(4,5)1(6)7/h25-36H,13-24,62H2,1-12H3,(H2,61,80)(H,63,81)(H,64,82)(H,65,83)(H,66,84)(H,67,85)(H,68,86)(H,69,92)(H,70,93)(H,71,94)(H,72,95)(H,73,96)(H,74,97)(H,75,87)(H,76,88)(H,77,89)(H,78,90)(H,79,91);(H,6,7)/t25-,26-,27-,28-,29-,30-,31+,32+,33+,34+,35+,36+;/m1./s1. The van der Waals surface area contributed by atoms with Gasteiger partial charge in [0.25, 0.3) is 0 Å². The Balaban J connectivity index is 0.00000263. The van der Waals surface area contributed by atoms with Gasteiger partial charge in [0.05, 0.1) is 78.0 Å². The monoisotopic (exact) mass is 1480 g/mol. The summed E-state index contributed by atoms with van der Waals surface area (Å²) in [6.07, 6.45) is -8.56. The number of carboxylic acid groups (broad SMARTS) is 1. The van der Waals surface area contributed by atoms with Gasteiger partial charge < -0.3 is 107 Å². The molecule has 0 aromatic heterocycles. The van der Waals surface area contributed by atoms with Crippen LogP contribution in [0.2, 0.25) is 0 Å². The summed E-state index contributed by atoms with van der Waals surface area (Å²) in [7, 11) is 0. The van der Waals surface area contributed by atoms with Crippen molar-refractivity contribution in [1.29, 1.82) is 0 Å². The Morgan fingerprint density at radius 1 is 0.337 bits per heavy atom. The molecule has 0 aromatic rings. The first-order valence-electron chi connectivity index (χ1n) is 33.1. The molecule has 18 amide bonds. The van der Waals surface area contributed by atoms with Gasteiger partial charge in [0.15, 0.2) is 0 Å². The number of aliphatic carboxylic acids is 1. The number of hydrogen-bond acceptors (Lipinski definition) is 20. The van der Waals surface area contributed by atoms with Crippen LogP contribution in [0, 0.1) is 0 Å². The van der Waals surface area contributed by atoms with Crippen LogP contribution in [0.15, 0.2) is 0 Å². The van der Waals surface area contributed by atoms with Crippen molar-refractivity contribution in [2.24, 2.45) is 11.5 Å². The molecule has 104 heavy (non-hydrogen) atoms. The van der Waals surface area contributed by atoms with Crippen LogP contribution in [0.4, 0.5) is 13.2 Å². The number of carbonyl (C=O) groups excluding carboxylic acids is 18. The van der Waals surface area contributed by atoms with E-state index in [1.165, 1.54) is 83.1 Å². The first kappa shape index (κ1) is 84.3. The van der Waals surface area contributed by atoms with Crippen molar-refractivity contribution >= 4 is 112 Å². The minimum Gasteiger partial charge on any atom is -0.475 e. The molecular formula is C62H94F3N19O20. The number of hydrogen-bond donors (Lipinski definition) is 20. The number of carbonyl (C=O) groups is 19. The Hall–Kier alpha value is -10.3. The van der Waals surface area contributed by atoms with Crippen molar-refractivity contribution in [3.8, 4) is 0 Å². The van der Waals surface area contributed by atoms with Crippen LogP contribution < -0.4 is 102 Å². The molecule has 0 aromatic carbocycles. The summed E-state index contributed by atoms with van der Waals surface area (Å²) in [5.41, 5.74) is 1.76. The Kier molecular flexibility index (Phi) is 26.7. The first-order chi connectivity index (χ1) is 47.6. The van der Waals surface area contributed by atoms with Gasteiger partial charge in [-0.3, -0.25) is 86.3 Å². The van der Waals surface area contributed by atoms with Crippen LogP contribution in [-0.2, 0) is 91.1 Å². The smallest absolute Gasteiger partial charge is 0.475 e. The molecule has 22 N–H and O–H groups in total. The zero-order chi connectivity index (χ0) is 78.9. The third-order valence-electron chi connectivity index (χ3n) is 17.7. The van der Waals surface area contributed by atoms with Crippen LogP contribution in [0.3, 0.4) is 0 Å². The first-order valence-corrected chi connectivity index (χ1v) is 33.1. The molecule has 6 rings (SSSR count). The predicted molar refractivity (Wildman–Crippen MR) is 351 cm³/mol. The average molecular weight is 1480 g/mol. The summed E-state index contributed by atoms with van der Waals surface area (Å²) in [5, 5.41) is 52.0. The normalized spacial score (nSPS) is 24.7. The summed E-state index contributed by atoms with van der Waals surface area (Å²) in [6.45, 7) is 16.8. The van der Waals surface area contributed by atoms with Gasteiger partial charge >= 0.3 is 12.1 Å². The van der Waals surface area contributed by atoms with Crippen LogP contribution in [0.25, 0.3) is 0 Å². The minimum absolute atomic E-state index is 0.0934. The van der Waals surface area contributed by atoms with Crippen molar-refractivity contribution in [1.82, 2.24) is 90.4 Å². The van der Waals surface area contributed by atoms with Gasteiger partial charge in [-0.2, -0.15) is 13.2 Å². The minimum atomic E-state index is -5.08. The van der Waals surface area contributed by atoms with Crippen molar-refractivity contribution in [2.45, 2.75) is 272 Å². The maximum absolute atomic E-state index is 13.8. The summed E-state index contributed by atoms with van der Waals surface area (Å²) in [5.74, 6) is -14.1. The molecule has 0 aliphatic carbocycles. The van der Waals surface area contributed by atoms with E-state index in [1.54, 1.807) is 0 Å². The summed E-state index contributed by atoms with van der Waals surface area (Å²) >= 11 is 0. The number of halogens is 3. The van der Waals surface area contributed by atoms with Crippen LogP contribution in [0.1, 0.15) is 160 Å². The molecule has 0 bridgehead atoms. The van der Waals surface area contributed by atoms with E-state index in [4.69, 9.17) is 21.4 Å². The topological polar surface area (TPSA) is 601 Å². The zero-order valence-electron chi connectivity index (χ0n) is 59.4. The second kappa shape index (κ2) is 33.0. The Labute approximate surface area is 593 Å². The summed E-state index contributed by atoms with van der Waals surface area (Å²) in [4.78, 5) is 243. The van der Waals surface area contributed by atoms with Crippen molar-refractivity contribution in [2.75, 3.05) is 0 Å². The van der Waals surface area contributed by atoms with E-state index in [1.807, 2.05) is 0 Å². The SMILES string of the molecule is CC(C)(N)C(=O)N[C@H]1CC(=O)N[C@@H]1CC(=O)NC(C)(C)C(=O)N[C@H]1CC(=O)N[C@@H]1CC(=O)NC(C)(C)C(=O)N[C@H]1CC(=O)N[C@@H]1CC(=O)NC(C)(C)C(=O)N[C@H]1CC(=O)N[C@@H]1CC(=O)NC(C)(C)C(=O)N[C@H]1CC(=O)N[C@@H]1CC(=O)NC(C)(C)C(=O)N[C@H]1CC(=O)N[C@@H]1CC(N)=O.O=C(O)C(F)(F)F. The zero-order valence-corrected chi connectivity index (χ0v) is 59.4. The van der Waals surface area contributed by atoms with Crippen molar-refractivity contribution in [3.63, 3.8) is 0 Å². The predicted octanol–water partition coefficient (Wildman–Crippen LogP) is -8.10. The van der Waals surface area contributed by atoms with E-state index in [2.05, 4.69) is 90.4 Å². The molecule has 578 valence electrons. The number of nitrogens with two attached hydrogens (primary N) is 2. The number of primary amides is 1. The Bertz CT molecular complexity index is 3480. The van der Waals surface area contributed by atoms with Gasteiger partial charge in [-0.05, 0) is 83.1 Å². The lowest BCUT2D eigenvalue weighted by atomic mass is 9.97. The van der Waals surface area contributed by atoms with E-state index in [0.717, 1.165) is 0 Å². The molecule has 0 unspecified atom stereocenters. The molecule has 0 saturated carbocycles. The molecule has 6 heterocycles. The van der Waals surface area contributed by atoms with Gasteiger partial charge in [-0.15, -0.1) is 0 Å². The maximum Gasteiger partial charge on any atom is 0.490 e. The third-order valence-corrected chi connectivity index (χ3v) is 17.7. The van der Waals surface area contributed by atoms with Crippen LogP contribution in [0.5, 0.6) is 0 Å². The highest BCUT2D eigenvalue weighted by atomic mass is 19.4. The largest absolute Gasteiger partial charge is 0.490 e. The highest BCUT2D eigenvalue weighted by Crippen LogP contribution is 2.23. The highest BCUT2D eigenvalue weighted by molar-refractivity contribution is 5.98. The number of carboxylic acids is 1. The fraction of sp³-hybridized carbons (Fsp3) is 0.694. The molecule has 0 spiro atoms. The molecule has 6 fully saturated rings. The van der Waals surface area contributed by atoms with E-state index < -0.39 is 250 Å². The second-order valence-electron chi connectivity index (χ2n) is 29.8. The van der Waals surface area contributed by atoms with Crippen molar-refractivity contribution in [3.05, 3.63) is 0 Å². The van der Waals surface area contributed by atoms with Gasteiger partial charge in [0.2, 0.25) is 106 Å². The van der Waals surface area contributed by atoms with E-state index in [9.17, 15) is 99.5 Å². The number of alkyl halides is 3. The van der Waals surface area contributed by atoms with Gasteiger partial charge in [0.1, 0.15) is 27.7 Å². The lowest BCUT2D eigenvalue weighted by Gasteiger charge is -2.31. The fourth-order valence-electron chi connectivity index (χ4n) is 11.9. The van der Waals surface area contributed by atoms with Crippen LogP contribution >= 0.6 is 0 Å². The molecule has 6 aliphatic heterocycles. The maximum atomic E-state index is 13.8. The summed E-state index contributed by atoms with van der Waals surface area (Å²) in [6, 6.07) is -10.9. The Morgan fingerprint density at radius 2 is 0.490 bits per heavy atom.